The number of aromatic amines is 1. The van der Waals surface area contributed by atoms with Crippen LogP contribution in [0.1, 0.15) is 101 Å². The summed E-state index contributed by atoms with van der Waals surface area (Å²) < 4.78 is 2.13. The number of fused-ring (bicyclic) bond motifs is 8. The number of carbonyl (C=O) groups is 1. The molecular weight excluding hydrogens is 629 g/mol. The number of para-hydroxylation sites is 1. The number of allylic oxidation sites excluding steroid dienone is 2. The number of rotatable bonds is 3. The Morgan fingerprint density at radius 2 is 1.24 bits per heavy atom. The molecule has 0 saturated heterocycles. The van der Waals surface area contributed by atoms with E-state index in [1.807, 2.05) is 84.9 Å². The van der Waals surface area contributed by atoms with Gasteiger partial charge < -0.3 is 14.7 Å². The minimum atomic E-state index is -0.998. The van der Waals surface area contributed by atoms with E-state index in [9.17, 15) is 9.90 Å². The smallest absolute Gasteiger partial charge is 0.338 e. The first kappa shape index (κ1) is 34.0. The van der Waals surface area contributed by atoms with Crippen molar-refractivity contribution in [3.05, 3.63) is 125 Å². The molecule has 0 unspecified atom stereocenters. The molecule has 51 heavy (non-hydrogen) atoms. The summed E-state index contributed by atoms with van der Waals surface area (Å²) >= 11 is 0. The van der Waals surface area contributed by atoms with Crippen LogP contribution in [0.2, 0.25) is 0 Å². The molecule has 3 aromatic heterocycles. The number of carboxylic acids is 1. The molecule has 0 amide bonds. The third-order valence-corrected chi connectivity index (χ3v) is 9.49. The van der Waals surface area contributed by atoms with E-state index in [1.54, 1.807) is 0 Å². The molecule has 2 aromatic carbocycles. The largest absolute Gasteiger partial charge is 0.478 e. The molecule has 5 heterocycles. The summed E-state index contributed by atoms with van der Waals surface area (Å²) in [5.74, 6) is -0.998. The van der Waals surface area contributed by atoms with Gasteiger partial charge in [0.05, 0.1) is 39.4 Å². The van der Waals surface area contributed by atoms with Crippen LogP contribution in [-0.2, 0) is 5.41 Å². The maximum atomic E-state index is 14.0. The summed E-state index contributed by atoms with van der Waals surface area (Å²) in [5, 5.41) is 11.4. The quantitative estimate of drug-likeness (QED) is 0.196. The van der Waals surface area contributed by atoms with Gasteiger partial charge in [0.15, 0.2) is 0 Å². The average Bonchev–Trinajstić information content (AvgIpc) is 3.83. The summed E-state index contributed by atoms with van der Waals surface area (Å²) in [7, 11) is 0. The fourth-order valence-corrected chi connectivity index (χ4v) is 7.59. The highest BCUT2D eigenvalue weighted by molar-refractivity contribution is 6.12. The molecule has 0 spiro atoms. The number of nitrogens with zero attached hydrogens (tertiary/aromatic N) is 3. The van der Waals surface area contributed by atoms with Crippen LogP contribution in [0.25, 0.3) is 62.2 Å². The zero-order valence-corrected chi connectivity index (χ0v) is 31.0. The maximum absolute atomic E-state index is 14.0. The van der Waals surface area contributed by atoms with Gasteiger partial charge in [-0.2, -0.15) is 0 Å². The van der Waals surface area contributed by atoms with E-state index in [-0.39, 0.29) is 16.4 Å². The third-order valence-electron chi connectivity index (χ3n) is 9.49. The Morgan fingerprint density at radius 3 is 1.80 bits per heavy atom. The fraction of sp³-hybridized carbons (Fsp3) is 0.267. The second-order valence-electron chi connectivity index (χ2n) is 16.6. The highest BCUT2D eigenvalue weighted by Crippen LogP contribution is 2.53. The first-order valence-corrected chi connectivity index (χ1v) is 17.6. The minimum absolute atomic E-state index is 0.239. The fourth-order valence-electron chi connectivity index (χ4n) is 7.59. The predicted octanol–water partition coefficient (Wildman–Crippen LogP) is 11.6. The van der Waals surface area contributed by atoms with Crippen molar-refractivity contribution in [1.82, 2.24) is 19.5 Å². The van der Waals surface area contributed by atoms with E-state index in [2.05, 4.69) is 90.1 Å². The maximum Gasteiger partial charge on any atom is 0.338 e. The van der Waals surface area contributed by atoms with Crippen LogP contribution < -0.4 is 0 Å². The summed E-state index contributed by atoms with van der Waals surface area (Å²) in [6.07, 6.45) is 3.99. The van der Waals surface area contributed by atoms with Crippen molar-refractivity contribution in [3.8, 4) is 16.8 Å². The highest BCUT2D eigenvalue weighted by Gasteiger charge is 2.40. The molecule has 8 bridgehead atoms. The molecule has 2 N–H and O–H groups in total. The first-order chi connectivity index (χ1) is 24.0. The van der Waals surface area contributed by atoms with Crippen LogP contribution in [0.5, 0.6) is 0 Å². The highest BCUT2D eigenvalue weighted by atomic mass is 16.4. The van der Waals surface area contributed by atoms with Crippen molar-refractivity contribution in [2.45, 2.75) is 67.7 Å². The first-order valence-electron chi connectivity index (χ1n) is 17.6. The van der Waals surface area contributed by atoms with Gasteiger partial charge in [-0.1, -0.05) is 111 Å². The van der Waals surface area contributed by atoms with Crippen molar-refractivity contribution in [1.29, 1.82) is 0 Å². The van der Waals surface area contributed by atoms with Crippen molar-refractivity contribution < 1.29 is 9.90 Å². The minimum Gasteiger partial charge on any atom is -0.478 e. The van der Waals surface area contributed by atoms with Crippen LogP contribution in [-0.4, -0.2) is 30.6 Å². The Kier molecular flexibility index (Phi) is 8.05. The Labute approximate surface area is 300 Å². The zero-order chi connectivity index (χ0) is 36.5. The lowest BCUT2D eigenvalue weighted by Gasteiger charge is -2.32. The molecule has 2 aliphatic rings. The molecule has 2 aliphatic heterocycles. The molecule has 258 valence electrons. The lowest BCUT2D eigenvalue weighted by Crippen LogP contribution is -2.21. The van der Waals surface area contributed by atoms with E-state index in [0.717, 1.165) is 67.3 Å². The molecule has 0 radical (unpaired) electrons. The Morgan fingerprint density at radius 1 is 0.667 bits per heavy atom. The van der Waals surface area contributed by atoms with Crippen molar-refractivity contribution in [2.24, 2.45) is 10.8 Å². The molecule has 5 aromatic rings. The summed E-state index contributed by atoms with van der Waals surface area (Å²) in [4.78, 5) is 28.1. The number of carboxylic acid groups (broad SMARTS) is 1. The van der Waals surface area contributed by atoms with E-state index in [1.165, 1.54) is 0 Å². The molecular formula is C45H46N4O2. The van der Waals surface area contributed by atoms with Gasteiger partial charge in [0.25, 0.3) is 0 Å². The Balaban J connectivity index is 1.90. The summed E-state index contributed by atoms with van der Waals surface area (Å²) in [6, 6.07) is 30.3. The van der Waals surface area contributed by atoms with Gasteiger partial charge in [-0.3, -0.25) is 0 Å². The molecule has 0 aliphatic carbocycles. The van der Waals surface area contributed by atoms with Crippen LogP contribution in [0.4, 0.5) is 0 Å². The lowest BCUT2D eigenvalue weighted by molar-refractivity contribution is 0.0700. The summed E-state index contributed by atoms with van der Waals surface area (Å²) in [5.41, 5.74) is 11.0. The van der Waals surface area contributed by atoms with Gasteiger partial charge in [-0.05, 0) is 87.6 Å². The standard InChI is InChI=1S/C45H46N4O2/c1-43(2,3)37-33-25-30-22-20-28(46-30)24-29-21-23-31(47-29)26-34-35(27-16-12-10-13-17-27)36(42(50)51)41(49(34)32-18-14-11-15-19-32)39(45(7,8)9)40(48-33)38(37)44(4,5)6/h10-26,46H,1-9H3,(H,50,51). The normalized spacial score (nSPS) is 13.6. The SMILES string of the molecule is CC(C)(C)C1=C(C(C)(C)C)c2nc1cc1ccc(cc3nc(cc4c(-c5ccccc5)c(C(=O)O)c(c2C(C)(C)C)n4-c2ccccc2)C=C3)[nH]1. The van der Waals surface area contributed by atoms with E-state index in [4.69, 9.17) is 9.97 Å². The topological polar surface area (TPSA) is 83.8 Å². The zero-order valence-electron chi connectivity index (χ0n) is 31.0. The van der Waals surface area contributed by atoms with Crippen LogP contribution in [0, 0.1) is 10.8 Å². The second kappa shape index (κ2) is 12.1. The van der Waals surface area contributed by atoms with Gasteiger partial charge >= 0.3 is 5.97 Å². The average molecular weight is 675 g/mol. The lowest BCUT2D eigenvalue weighted by atomic mass is 9.71. The Hall–Kier alpha value is -5.49. The van der Waals surface area contributed by atoms with E-state index < -0.39 is 11.4 Å². The number of hydrogen-bond donors (Lipinski definition) is 2. The van der Waals surface area contributed by atoms with Crippen molar-refractivity contribution >= 4 is 51.3 Å². The number of aromatic nitrogens is 4. The predicted molar refractivity (Wildman–Crippen MR) is 212 cm³/mol. The van der Waals surface area contributed by atoms with Crippen LogP contribution in [0.15, 0.2) is 91.0 Å². The molecule has 6 nitrogen and oxygen atoms in total. The van der Waals surface area contributed by atoms with Gasteiger partial charge in [0.1, 0.15) is 0 Å². The number of hydrogen-bond acceptors (Lipinski definition) is 3. The monoisotopic (exact) mass is 674 g/mol. The van der Waals surface area contributed by atoms with Crippen LogP contribution >= 0.6 is 0 Å². The molecule has 6 heteroatoms. The van der Waals surface area contributed by atoms with Gasteiger partial charge in [0, 0.05) is 27.8 Å². The van der Waals surface area contributed by atoms with E-state index >= 15 is 0 Å². The van der Waals surface area contributed by atoms with Crippen molar-refractivity contribution in [3.63, 3.8) is 0 Å². The second-order valence-corrected chi connectivity index (χ2v) is 16.6. The molecule has 7 rings (SSSR count). The number of H-pyrrole nitrogens is 1. The van der Waals surface area contributed by atoms with E-state index in [0.29, 0.717) is 11.1 Å². The van der Waals surface area contributed by atoms with Crippen LogP contribution in [0.3, 0.4) is 0 Å². The van der Waals surface area contributed by atoms with Gasteiger partial charge in [-0.25, -0.2) is 14.8 Å². The van der Waals surface area contributed by atoms with Gasteiger partial charge in [-0.15, -0.1) is 0 Å². The molecule has 0 saturated carbocycles. The van der Waals surface area contributed by atoms with Gasteiger partial charge in [0.2, 0.25) is 0 Å². The number of aromatic carboxylic acids is 1. The molecule has 0 fully saturated rings. The Bertz CT molecular complexity index is 2420. The van der Waals surface area contributed by atoms with Crippen molar-refractivity contribution in [2.75, 3.05) is 0 Å². The third kappa shape index (κ3) is 6.13. The molecule has 0 atom stereocenters. The number of nitrogens with one attached hydrogen (secondary N) is 1. The number of benzene rings is 2. The summed E-state index contributed by atoms with van der Waals surface area (Å²) in [6.45, 7) is 19.9.